The third-order valence-electron chi connectivity index (χ3n) is 2.68. The van der Waals surface area contributed by atoms with Gasteiger partial charge in [-0.05, 0) is 6.42 Å². The van der Waals surface area contributed by atoms with E-state index >= 15 is 0 Å². The Morgan fingerprint density at radius 3 is 2.69 bits per heavy atom. The molecule has 5 nitrogen and oxygen atoms in total. The van der Waals surface area contributed by atoms with Crippen LogP contribution in [-0.4, -0.2) is 59.4 Å². The van der Waals surface area contributed by atoms with Gasteiger partial charge in [0, 0.05) is 25.7 Å². The number of nitrogens with two attached hydrogens (primary N) is 1. The van der Waals surface area contributed by atoms with Gasteiger partial charge in [0.1, 0.15) is 0 Å². The first-order valence-corrected chi connectivity index (χ1v) is 5.82. The fourth-order valence-electron chi connectivity index (χ4n) is 1.61. The predicted molar refractivity (Wildman–Crippen MR) is 60.4 cm³/mol. The molecule has 2 atom stereocenters. The minimum Gasteiger partial charge on any atom is -0.382 e. The van der Waals surface area contributed by atoms with Gasteiger partial charge >= 0.3 is 0 Å². The summed E-state index contributed by atoms with van der Waals surface area (Å²) < 4.78 is 20.8. The van der Waals surface area contributed by atoms with Crippen molar-refractivity contribution < 1.29 is 18.9 Å². The number of rotatable bonds is 9. The van der Waals surface area contributed by atoms with Crippen LogP contribution in [0.15, 0.2) is 0 Å². The Morgan fingerprint density at radius 1 is 1.25 bits per heavy atom. The Labute approximate surface area is 97.2 Å². The minimum absolute atomic E-state index is 0.0847. The molecule has 1 aliphatic rings. The van der Waals surface area contributed by atoms with Crippen LogP contribution in [0.25, 0.3) is 0 Å². The summed E-state index contributed by atoms with van der Waals surface area (Å²) in [5.74, 6) is 0.453. The van der Waals surface area contributed by atoms with Crippen LogP contribution in [0.2, 0.25) is 0 Å². The van der Waals surface area contributed by atoms with Gasteiger partial charge in [0.2, 0.25) is 0 Å². The zero-order chi connectivity index (χ0) is 11.6. The van der Waals surface area contributed by atoms with E-state index < -0.39 is 0 Å². The molecule has 96 valence electrons. The first-order chi connectivity index (χ1) is 7.84. The van der Waals surface area contributed by atoms with Crippen LogP contribution in [0.4, 0.5) is 0 Å². The number of hydrogen-bond donors (Lipinski definition) is 1. The molecule has 1 saturated heterocycles. The normalized spacial score (nSPS) is 22.5. The van der Waals surface area contributed by atoms with Gasteiger partial charge in [0.05, 0.1) is 39.6 Å². The maximum atomic E-state index is 5.98. The predicted octanol–water partition coefficient (Wildman–Crippen LogP) is 0.0298. The molecule has 0 saturated carbocycles. The zero-order valence-corrected chi connectivity index (χ0v) is 10.0. The fourth-order valence-corrected chi connectivity index (χ4v) is 1.61. The van der Waals surface area contributed by atoms with Crippen LogP contribution in [-0.2, 0) is 18.9 Å². The maximum Gasteiger partial charge on any atom is 0.0701 e. The molecule has 1 rings (SSSR count). The highest BCUT2D eigenvalue weighted by Gasteiger charge is 2.22. The van der Waals surface area contributed by atoms with Gasteiger partial charge in [-0.2, -0.15) is 0 Å². The van der Waals surface area contributed by atoms with Crippen LogP contribution < -0.4 is 5.73 Å². The molecule has 1 heterocycles. The average molecular weight is 233 g/mol. The standard InChI is InChI=1S/C11H23NO4/c1-13-4-5-14-6-7-16-9-11(12)10-2-3-15-8-10/h10-11H,2-9,12H2,1H3. The second-order valence-corrected chi connectivity index (χ2v) is 3.97. The van der Waals surface area contributed by atoms with E-state index in [1.807, 2.05) is 0 Å². The Bertz CT molecular complexity index is 162. The minimum atomic E-state index is 0.0847. The van der Waals surface area contributed by atoms with Crippen molar-refractivity contribution in [2.45, 2.75) is 12.5 Å². The highest BCUT2D eigenvalue weighted by Crippen LogP contribution is 2.15. The van der Waals surface area contributed by atoms with Gasteiger partial charge in [-0.1, -0.05) is 0 Å². The number of ether oxygens (including phenoxy) is 4. The van der Waals surface area contributed by atoms with Crippen molar-refractivity contribution in [2.24, 2.45) is 11.7 Å². The SMILES string of the molecule is COCCOCCOCC(N)C1CCOC1. The molecular formula is C11H23NO4. The molecule has 0 amide bonds. The van der Waals surface area contributed by atoms with Crippen molar-refractivity contribution in [3.63, 3.8) is 0 Å². The highest BCUT2D eigenvalue weighted by molar-refractivity contribution is 4.75. The van der Waals surface area contributed by atoms with Crippen molar-refractivity contribution in [1.82, 2.24) is 0 Å². The molecule has 0 aromatic rings. The van der Waals surface area contributed by atoms with Crippen molar-refractivity contribution in [2.75, 3.05) is 53.4 Å². The third-order valence-corrected chi connectivity index (χ3v) is 2.68. The van der Waals surface area contributed by atoms with Crippen molar-refractivity contribution in [3.05, 3.63) is 0 Å². The van der Waals surface area contributed by atoms with Gasteiger partial charge < -0.3 is 24.7 Å². The van der Waals surface area contributed by atoms with Crippen LogP contribution in [0.5, 0.6) is 0 Å². The monoisotopic (exact) mass is 233 g/mol. The van der Waals surface area contributed by atoms with E-state index in [4.69, 9.17) is 24.7 Å². The molecule has 5 heteroatoms. The van der Waals surface area contributed by atoms with Gasteiger partial charge in [-0.3, -0.25) is 0 Å². The van der Waals surface area contributed by atoms with E-state index in [-0.39, 0.29) is 6.04 Å². The van der Waals surface area contributed by atoms with Crippen molar-refractivity contribution in [1.29, 1.82) is 0 Å². The number of hydrogen-bond acceptors (Lipinski definition) is 5. The lowest BCUT2D eigenvalue weighted by Crippen LogP contribution is -2.35. The third kappa shape index (κ3) is 5.77. The van der Waals surface area contributed by atoms with Crippen LogP contribution in [0.1, 0.15) is 6.42 Å². The van der Waals surface area contributed by atoms with Crippen molar-refractivity contribution >= 4 is 0 Å². The summed E-state index contributed by atoms with van der Waals surface area (Å²) in [6.07, 6.45) is 1.05. The van der Waals surface area contributed by atoms with Crippen LogP contribution in [0, 0.1) is 5.92 Å². The molecule has 0 radical (unpaired) electrons. The molecule has 0 aromatic heterocycles. The summed E-state index contributed by atoms with van der Waals surface area (Å²) in [5.41, 5.74) is 5.98. The van der Waals surface area contributed by atoms with E-state index in [2.05, 4.69) is 0 Å². The molecule has 1 aliphatic heterocycles. The van der Waals surface area contributed by atoms with Crippen LogP contribution in [0.3, 0.4) is 0 Å². The Kier molecular flexibility index (Phi) is 7.71. The smallest absolute Gasteiger partial charge is 0.0701 e. The molecule has 0 spiro atoms. The molecular weight excluding hydrogens is 210 g/mol. The fraction of sp³-hybridized carbons (Fsp3) is 1.00. The summed E-state index contributed by atoms with van der Waals surface area (Å²) in [6, 6.07) is 0.0847. The molecule has 2 N–H and O–H groups in total. The second-order valence-electron chi connectivity index (χ2n) is 3.97. The van der Waals surface area contributed by atoms with E-state index in [9.17, 15) is 0 Å². The van der Waals surface area contributed by atoms with Crippen molar-refractivity contribution in [3.8, 4) is 0 Å². The van der Waals surface area contributed by atoms with E-state index in [1.165, 1.54) is 0 Å². The Balaban J connectivity index is 1.86. The molecule has 2 unspecified atom stereocenters. The quantitative estimate of drug-likeness (QED) is 0.569. The lowest BCUT2D eigenvalue weighted by molar-refractivity contribution is 0.0177. The second kappa shape index (κ2) is 8.90. The largest absolute Gasteiger partial charge is 0.382 e. The topological polar surface area (TPSA) is 62.9 Å². The zero-order valence-electron chi connectivity index (χ0n) is 10.0. The summed E-state index contributed by atoms with van der Waals surface area (Å²) in [4.78, 5) is 0. The van der Waals surface area contributed by atoms with Gasteiger partial charge in [-0.25, -0.2) is 0 Å². The summed E-state index contributed by atoms with van der Waals surface area (Å²) in [6.45, 7) is 4.61. The van der Waals surface area contributed by atoms with E-state index in [0.29, 0.717) is 39.0 Å². The Hall–Kier alpha value is -0.200. The summed E-state index contributed by atoms with van der Waals surface area (Å²) in [7, 11) is 1.66. The molecule has 0 bridgehead atoms. The first-order valence-electron chi connectivity index (χ1n) is 5.82. The van der Waals surface area contributed by atoms with E-state index in [1.54, 1.807) is 7.11 Å². The summed E-state index contributed by atoms with van der Waals surface area (Å²) >= 11 is 0. The molecule has 1 fully saturated rings. The molecule has 0 aliphatic carbocycles. The highest BCUT2D eigenvalue weighted by atomic mass is 16.5. The lowest BCUT2D eigenvalue weighted by Gasteiger charge is -2.17. The summed E-state index contributed by atoms with van der Waals surface area (Å²) in [5, 5.41) is 0. The number of methoxy groups -OCH3 is 1. The van der Waals surface area contributed by atoms with Crippen LogP contribution >= 0.6 is 0 Å². The van der Waals surface area contributed by atoms with E-state index in [0.717, 1.165) is 19.6 Å². The van der Waals surface area contributed by atoms with Gasteiger partial charge in [0.25, 0.3) is 0 Å². The van der Waals surface area contributed by atoms with Gasteiger partial charge in [0.15, 0.2) is 0 Å². The molecule has 16 heavy (non-hydrogen) atoms. The molecule has 0 aromatic carbocycles. The maximum absolute atomic E-state index is 5.98. The lowest BCUT2D eigenvalue weighted by atomic mass is 10.0. The van der Waals surface area contributed by atoms with Gasteiger partial charge in [-0.15, -0.1) is 0 Å². The Morgan fingerprint density at radius 2 is 2.00 bits per heavy atom. The average Bonchev–Trinajstić information content (AvgIpc) is 2.81. The first kappa shape index (κ1) is 13.9.